The molecule has 0 saturated carbocycles. The van der Waals surface area contributed by atoms with E-state index in [2.05, 4.69) is 37.6 Å². The fraction of sp³-hybridized carbons (Fsp3) is 0.133. The van der Waals surface area contributed by atoms with Crippen molar-refractivity contribution < 1.29 is 9.50 Å². The molecule has 7 nitrogen and oxygen atoms in total. The third-order valence-electron chi connectivity index (χ3n) is 6.89. The van der Waals surface area contributed by atoms with Crippen molar-refractivity contribution in [1.29, 1.82) is 0 Å². The third-order valence-corrected chi connectivity index (χ3v) is 6.89. The molecule has 6 N–H and O–H groups in total. The number of rotatable bonds is 7. The maximum absolute atomic E-state index is 14.1. The van der Waals surface area contributed by atoms with Gasteiger partial charge in [-0.1, -0.05) is 24.3 Å². The van der Waals surface area contributed by atoms with Crippen LogP contribution in [0.5, 0.6) is 5.75 Å². The van der Waals surface area contributed by atoms with E-state index in [1.807, 2.05) is 49.5 Å². The maximum Gasteiger partial charge on any atom is 0.125 e. The largest absolute Gasteiger partial charge is 0.507 e. The number of nitrogens with one attached hydrogen (secondary N) is 3. The zero-order valence-electron chi connectivity index (χ0n) is 20.8. The molecule has 190 valence electrons. The molecule has 3 heterocycles. The van der Waals surface area contributed by atoms with E-state index in [0.29, 0.717) is 24.2 Å². The summed E-state index contributed by atoms with van der Waals surface area (Å²) in [5.41, 5.74) is 13.8. The summed E-state index contributed by atoms with van der Waals surface area (Å²) in [5, 5.41) is 23.4. The zero-order chi connectivity index (χ0) is 26.2. The number of nitrogens with zero attached hydrogens (tertiary/aromatic N) is 2. The van der Waals surface area contributed by atoms with Gasteiger partial charge < -0.3 is 21.1 Å². The molecule has 1 atom stereocenters. The average Bonchev–Trinajstić information content (AvgIpc) is 3.51. The highest BCUT2D eigenvalue weighted by Gasteiger charge is 2.17. The predicted octanol–water partition coefficient (Wildman–Crippen LogP) is 5.91. The normalized spacial score (nSPS) is 12.3. The van der Waals surface area contributed by atoms with E-state index in [1.165, 1.54) is 29.1 Å². The van der Waals surface area contributed by atoms with Crippen molar-refractivity contribution in [1.82, 2.24) is 20.2 Å². The highest BCUT2D eigenvalue weighted by atomic mass is 19.1. The monoisotopic (exact) mass is 506 g/mol. The lowest BCUT2D eigenvalue weighted by Gasteiger charge is -2.16. The SMILES string of the molecule is Cc1n[nH]c2ccc(-c3cc(NC[C@H](N)Cc4c[nH]c5ccccc45)cnc3-c3cc(F)ccc3O)cc12. The van der Waals surface area contributed by atoms with Crippen LogP contribution in [0, 0.1) is 12.7 Å². The number of aryl methyl sites for hydroxylation is 1. The molecular formula is C30H27FN6O. The summed E-state index contributed by atoms with van der Waals surface area (Å²) in [6.45, 7) is 2.47. The van der Waals surface area contributed by atoms with Crippen molar-refractivity contribution in [2.75, 3.05) is 11.9 Å². The third kappa shape index (κ3) is 4.46. The summed E-state index contributed by atoms with van der Waals surface area (Å²) in [5.74, 6) is -0.487. The fourth-order valence-electron chi connectivity index (χ4n) is 4.91. The van der Waals surface area contributed by atoms with Crippen LogP contribution in [0.15, 0.2) is 79.1 Å². The van der Waals surface area contributed by atoms with Gasteiger partial charge in [0, 0.05) is 46.2 Å². The minimum absolute atomic E-state index is 0.0396. The number of hydrogen-bond donors (Lipinski definition) is 5. The fourth-order valence-corrected chi connectivity index (χ4v) is 4.91. The Balaban J connectivity index is 1.32. The lowest BCUT2D eigenvalue weighted by Crippen LogP contribution is -2.31. The van der Waals surface area contributed by atoms with E-state index in [0.717, 1.165) is 38.9 Å². The zero-order valence-corrected chi connectivity index (χ0v) is 20.8. The van der Waals surface area contributed by atoms with Crippen molar-refractivity contribution in [2.45, 2.75) is 19.4 Å². The topological polar surface area (TPSA) is 116 Å². The summed E-state index contributed by atoms with van der Waals surface area (Å²) in [7, 11) is 0. The molecule has 0 spiro atoms. The maximum atomic E-state index is 14.1. The summed E-state index contributed by atoms with van der Waals surface area (Å²) < 4.78 is 14.1. The Bertz CT molecular complexity index is 1770. The number of anilines is 1. The van der Waals surface area contributed by atoms with Crippen LogP contribution in [-0.2, 0) is 6.42 Å². The summed E-state index contributed by atoms with van der Waals surface area (Å²) >= 11 is 0. The molecule has 0 aliphatic carbocycles. The molecule has 0 radical (unpaired) electrons. The molecular weight excluding hydrogens is 479 g/mol. The van der Waals surface area contributed by atoms with Crippen LogP contribution in [0.3, 0.4) is 0 Å². The smallest absolute Gasteiger partial charge is 0.125 e. The number of H-pyrrole nitrogens is 2. The number of pyridine rings is 1. The number of phenols is 1. The van der Waals surface area contributed by atoms with Gasteiger partial charge in [-0.15, -0.1) is 0 Å². The second-order valence-corrected chi connectivity index (χ2v) is 9.56. The molecule has 0 bridgehead atoms. The molecule has 0 saturated heterocycles. The van der Waals surface area contributed by atoms with E-state index in [9.17, 15) is 9.50 Å². The van der Waals surface area contributed by atoms with Gasteiger partial charge in [0.05, 0.1) is 28.8 Å². The van der Waals surface area contributed by atoms with E-state index in [1.54, 1.807) is 6.20 Å². The van der Waals surface area contributed by atoms with Crippen LogP contribution in [0.1, 0.15) is 11.3 Å². The Morgan fingerprint density at radius 2 is 1.87 bits per heavy atom. The number of phenolic OH excluding ortho intramolecular Hbond substituents is 1. The summed E-state index contributed by atoms with van der Waals surface area (Å²) in [6, 6.07) is 19.8. The lowest BCUT2D eigenvalue weighted by atomic mass is 9.97. The number of benzene rings is 3. The van der Waals surface area contributed by atoms with Crippen molar-refractivity contribution in [3.63, 3.8) is 0 Å². The molecule has 0 fully saturated rings. The van der Waals surface area contributed by atoms with Gasteiger partial charge in [-0.25, -0.2) is 4.39 Å². The van der Waals surface area contributed by atoms with Crippen LogP contribution < -0.4 is 11.1 Å². The highest BCUT2D eigenvalue weighted by molar-refractivity contribution is 5.91. The van der Waals surface area contributed by atoms with Gasteiger partial charge in [0.1, 0.15) is 11.6 Å². The van der Waals surface area contributed by atoms with Gasteiger partial charge in [-0.05, 0) is 66.9 Å². The first-order chi connectivity index (χ1) is 18.5. The van der Waals surface area contributed by atoms with E-state index >= 15 is 0 Å². The van der Waals surface area contributed by atoms with Crippen molar-refractivity contribution in [2.24, 2.45) is 5.73 Å². The number of aromatic hydroxyl groups is 1. The average molecular weight is 507 g/mol. The molecule has 3 aromatic heterocycles. The molecule has 6 rings (SSSR count). The van der Waals surface area contributed by atoms with Gasteiger partial charge in [-0.2, -0.15) is 5.10 Å². The number of para-hydroxylation sites is 1. The van der Waals surface area contributed by atoms with Gasteiger partial charge in [-0.3, -0.25) is 10.1 Å². The molecule has 0 amide bonds. The highest BCUT2D eigenvalue weighted by Crippen LogP contribution is 2.38. The Morgan fingerprint density at radius 3 is 2.76 bits per heavy atom. The molecule has 38 heavy (non-hydrogen) atoms. The minimum atomic E-state index is -0.447. The van der Waals surface area contributed by atoms with Crippen LogP contribution in [-0.4, -0.2) is 37.9 Å². The van der Waals surface area contributed by atoms with Gasteiger partial charge in [0.15, 0.2) is 0 Å². The van der Waals surface area contributed by atoms with Gasteiger partial charge in [0.25, 0.3) is 0 Å². The van der Waals surface area contributed by atoms with Crippen LogP contribution in [0.4, 0.5) is 10.1 Å². The number of hydrogen-bond acceptors (Lipinski definition) is 5. The number of halogens is 1. The van der Waals surface area contributed by atoms with Crippen LogP contribution in [0.2, 0.25) is 0 Å². The molecule has 8 heteroatoms. The first-order valence-electron chi connectivity index (χ1n) is 12.4. The second-order valence-electron chi connectivity index (χ2n) is 9.56. The number of aromatic nitrogens is 4. The lowest BCUT2D eigenvalue weighted by molar-refractivity contribution is 0.475. The predicted molar refractivity (Wildman–Crippen MR) is 150 cm³/mol. The molecule has 0 aliphatic rings. The second kappa shape index (κ2) is 9.64. The van der Waals surface area contributed by atoms with Crippen molar-refractivity contribution >= 4 is 27.5 Å². The van der Waals surface area contributed by atoms with E-state index < -0.39 is 5.82 Å². The molecule has 6 aromatic rings. The quantitative estimate of drug-likeness (QED) is 0.185. The molecule has 3 aromatic carbocycles. The summed E-state index contributed by atoms with van der Waals surface area (Å²) in [6.07, 6.45) is 4.41. The van der Waals surface area contributed by atoms with E-state index in [-0.39, 0.29) is 11.8 Å². The Morgan fingerprint density at radius 1 is 1.00 bits per heavy atom. The van der Waals surface area contributed by atoms with Crippen molar-refractivity contribution in [3.05, 3.63) is 96.2 Å². The number of fused-ring (bicyclic) bond motifs is 2. The Hall–Kier alpha value is -4.69. The Kier molecular flexibility index (Phi) is 6.01. The number of aromatic amines is 2. The molecule has 0 aliphatic heterocycles. The Labute approximate surface area is 218 Å². The first-order valence-corrected chi connectivity index (χ1v) is 12.4. The van der Waals surface area contributed by atoms with Gasteiger partial charge in [0.2, 0.25) is 0 Å². The number of nitrogens with two attached hydrogens (primary N) is 1. The van der Waals surface area contributed by atoms with E-state index in [4.69, 9.17) is 5.73 Å². The van der Waals surface area contributed by atoms with Gasteiger partial charge >= 0.3 is 0 Å². The summed E-state index contributed by atoms with van der Waals surface area (Å²) in [4.78, 5) is 7.95. The molecule has 0 unspecified atom stereocenters. The first kappa shape index (κ1) is 23.7. The minimum Gasteiger partial charge on any atom is -0.507 e. The van der Waals surface area contributed by atoms with Crippen molar-refractivity contribution in [3.8, 4) is 28.1 Å². The van der Waals surface area contributed by atoms with Crippen LogP contribution >= 0.6 is 0 Å². The van der Waals surface area contributed by atoms with Crippen LogP contribution in [0.25, 0.3) is 44.2 Å². The standard InChI is InChI=1S/C30H27FN6O/c1-17-24-11-18(6-8-28(24)37-36-17)25-13-22(16-35-30(25)26-12-20(31)7-9-29(26)38)33-15-21(32)10-19-14-34-27-5-3-2-4-23(19)27/h2-9,11-14,16,21,33-34,38H,10,15,32H2,1H3,(H,36,37)/t21-/m1/s1.